The lowest BCUT2D eigenvalue weighted by atomic mass is 9.92. The van der Waals surface area contributed by atoms with Crippen molar-refractivity contribution in [2.75, 3.05) is 42.0 Å². The normalized spacial score (nSPS) is 27.4. The third-order valence-electron chi connectivity index (χ3n) is 13.6. The first-order valence-corrected chi connectivity index (χ1v) is 26.2. The number of hydrogen-bond acceptors (Lipinski definition) is 16. The van der Waals surface area contributed by atoms with Gasteiger partial charge in [0.1, 0.15) is 64.6 Å². The number of rotatable bonds is 12. The van der Waals surface area contributed by atoms with E-state index in [1.165, 1.54) is 27.4 Å². The van der Waals surface area contributed by atoms with E-state index in [1.54, 1.807) is 63.5 Å². The molecule has 4 aromatic rings. The fourth-order valence-electron chi connectivity index (χ4n) is 9.73. The molecule has 16 heteroatoms. The molecular formula is C62H74O16. The number of carbonyl (C=O) groups excluding carboxylic acids is 3. The molecule has 2 fully saturated rings. The molecule has 9 atom stereocenters. The second-order valence-corrected chi connectivity index (χ2v) is 20.4. The number of carbonyl (C=O) groups is 3. The zero-order valence-electron chi connectivity index (χ0n) is 46.2. The monoisotopic (exact) mass is 1070 g/mol. The highest BCUT2D eigenvalue weighted by Crippen LogP contribution is 2.37. The predicted octanol–water partition coefficient (Wildman–Crippen LogP) is 10.1. The number of ketones is 1. The first kappa shape index (κ1) is 59.0. The van der Waals surface area contributed by atoms with E-state index >= 15 is 0 Å². The van der Waals surface area contributed by atoms with Crippen molar-refractivity contribution in [3.8, 4) is 23.0 Å². The third kappa shape index (κ3) is 15.8. The van der Waals surface area contributed by atoms with Gasteiger partial charge < -0.3 is 61.9 Å². The zero-order valence-corrected chi connectivity index (χ0v) is 46.2. The van der Waals surface area contributed by atoms with Crippen molar-refractivity contribution in [2.45, 2.75) is 122 Å². The number of fused-ring (bicyclic) bond motifs is 4. The quantitative estimate of drug-likeness (QED) is 0.0803. The molecule has 0 radical (unpaired) electrons. The maximum absolute atomic E-state index is 13.7. The minimum atomic E-state index is -0.907. The van der Waals surface area contributed by atoms with E-state index in [2.05, 4.69) is 0 Å². The van der Waals surface area contributed by atoms with Crippen LogP contribution in [-0.2, 0) is 55.5 Å². The summed E-state index contributed by atoms with van der Waals surface area (Å²) in [5, 5.41) is 11.1. The number of hydrogen-bond donors (Lipinski definition) is 1. The SMILES string of the molecule is COCOc1cc(OC)cc2c1C(=O)O[C@@H](C)[C@@H](Cc1ccccc1)/C=C\C(=O)[C@H]1OC(C)(C)O[C@H]1C/C=C/2.COCOc1cc(OC)cc2c1C(=O)O[C@@H](C)[C@@H](Cc1ccccc1)/C=C\C(O)[C@H]1OC(C)(C)O[C@H]1C/C=C/2. The molecule has 0 aromatic heterocycles. The van der Waals surface area contributed by atoms with Gasteiger partial charge >= 0.3 is 11.9 Å². The van der Waals surface area contributed by atoms with Crippen LogP contribution in [0.15, 0.2) is 121 Å². The molecule has 16 nitrogen and oxygen atoms in total. The summed E-state index contributed by atoms with van der Waals surface area (Å²) < 4.78 is 69.0. The first-order valence-electron chi connectivity index (χ1n) is 26.2. The van der Waals surface area contributed by atoms with E-state index in [4.69, 9.17) is 56.8 Å². The van der Waals surface area contributed by atoms with Crippen LogP contribution >= 0.6 is 0 Å². The van der Waals surface area contributed by atoms with Crippen LogP contribution in [0.3, 0.4) is 0 Å². The molecule has 8 rings (SSSR count). The molecular weight excluding hydrogens is 1000 g/mol. The topological polar surface area (TPSA) is 182 Å². The van der Waals surface area contributed by atoms with Crippen LogP contribution in [-0.4, -0.2) is 119 Å². The summed E-state index contributed by atoms with van der Waals surface area (Å²) in [6, 6.07) is 26.6. The number of benzene rings is 4. The van der Waals surface area contributed by atoms with E-state index in [0.29, 0.717) is 54.1 Å². The van der Waals surface area contributed by atoms with Crippen molar-refractivity contribution in [3.05, 3.63) is 155 Å². The lowest BCUT2D eigenvalue weighted by Crippen LogP contribution is -2.34. The van der Waals surface area contributed by atoms with Gasteiger partial charge in [0.2, 0.25) is 0 Å². The minimum Gasteiger partial charge on any atom is -0.497 e. The fraction of sp³-hybridized carbons (Fsp3) is 0.435. The Bertz CT molecular complexity index is 2770. The highest BCUT2D eigenvalue weighted by Gasteiger charge is 2.45. The van der Waals surface area contributed by atoms with Gasteiger partial charge in [-0.15, -0.1) is 0 Å². The van der Waals surface area contributed by atoms with Crippen LogP contribution in [0, 0.1) is 11.8 Å². The molecule has 0 bridgehead atoms. The molecule has 4 aromatic carbocycles. The molecule has 4 heterocycles. The summed E-state index contributed by atoms with van der Waals surface area (Å²) >= 11 is 0. The second kappa shape index (κ2) is 27.3. The number of cyclic esters (lactones) is 2. The van der Waals surface area contributed by atoms with Gasteiger partial charge in [-0.05, 0) is 108 Å². The summed E-state index contributed by atoms with van der Waals surface area (Å²) in [6.07, 6.45) is 12.1. The first-order chi connectivity index (χ1) is 37.4. The molecule has 1 unspecified atom stereocenters. The number of aliphatic hydroxyl groups excluding tert-OH is 1. The van der Waals surface area contributed by atoms with E-state index in [0.717, 1.165) is 11.1 Å². The Morgan fingerprint density at radius 3 is 1.51 bits per heavy atom. The maximum Gasteiger partial charge on any atom is 0.342 e. The van der Waals surface area contributed by atoms with Gasteiger partial charge in [0.05, 0.1) is 26.4 Å². The van der Waals surface area contributed by atoms with Crippen molar-refractivity contribution in [1.82, 2.24) is 0 Å². The summed E-state index contributed by atoms with van der Waals surface area (Å²) in [6.45, 7) is 10.8. The lowest BCUT2D eigenvalue weighted by Gasteiger charge is -2.25. The highest BCUT2D eigenvalue weighted by atomic mass is 16.8. The van der Waals surface area contributed by atoms with Crippen molar-refractivity contribution < 1.29 is 76.3 Å². The third-order valence-corrected chi connectivity index (χ3v) is 13.6. The fourth-order valence-corrected chi connectivity index (χ4v) is 9.73. The zero-order chi connectivity index (χ0) is 56.0. The van der Waals surface area contributed by atoms with Crippen molar-refractivity contribution in [2.24, 2.45) is 11.8 Å². The van der Waals surface area contributed by atoms with Gasteiger partial charge in [-0.25, -0.2) is 9.59 Å². The summed E-state index contributed by atoms with van der Waals surface area (Å²) in [5.41, 5.74) is 3.79. The van der Waals surface area contributed by atoms with Crippen LogP contribution in [0.25, 0.3) is 12.2 Å². The Morgan fingerprint density at radius 2 is 1.03 bits per heavy atom. The van der Waals surface area contributed by atoms with Crippen molar-refractivity contribution in [3.63, 3.8) is 0 Å². The standard InChI is InChI=1S/C31H38O8.C31H36O8/c2*1-20-22(16-21-10-7-6-8-11-21)14-15-25(32)29-26(38-31(2,3)39-29)13-9-12-23-17-24(35-5)18-27(36-19-34-4)28(23)30(33)37-20/h6-12,14-15,17-18,20,22,25-26,29,32H,13,16,19H2,1-5H3;6-12,14-15,17-18,20,22,26,29H,13,16,19H2,1-5H3/b2*12-9+,15-14-/t20-,22+,25?,26-,29+;20-,22+,26-,29+/m00/s1. The molecule has 1 N–H and O–H groups in total. The maximum atomic E-state index is 13.7. The van der Waals surface area contributed by atoms with Gasteiger partial charge in [-0.3, -0.25) is 4.79 Å². The van der Waals surface area contributed by atoms with E-state index in [9.17, 15) is 19.5 Å². The van der Waals surface area contributed by atoms with Gasteiger partial charge in [0.15, 0.2) is 30.9 Å². The Hall–Kier alpha value is -6.63. The summed E-state index contributed by atoms with van der Waals surface area (Å²) in [5.74, 6) is -1.91. The van der Waals surface area contributed by atoms with E-state index in [1.807, 2.05) is 113 Å². The van der Waals surface area contributed by atoms with Gasteiger partial charge in [0.25, 0.3) is 0 Å². The van der Waals surface area contributed by atoms with E-state index in [-0.39, 0.29) is 48.1 Å². The summed E-state index contributed by atoms with van der Waals surface area (Å²) in [7, 11) is 6.10. The number of esters is 2. The lowest BCUT2D eigenvalue weighted by molar-refractivity contribution is -0.152. The Morgan fingerprint density at radius 1 is 0.564 bits per heavy atom. The summed E-state index contributed by atoms with van der Waals surface area (Å²) in [4.78, 5) is 40.6. The molecule has 0 saturated carbocycles. The molecule has 0 aliphatic carbocycles. The van der Waals surface area contributed by atoms with Crippen LogP contribution in [0.1, 0.15) is 97.4 Å². The minimum absolute atomic E-state index is 0.0482. The van der Waals surface area contributed by atoms with Gasteiger partial charge in [0, 0.05) is 38.2 Å². The molecule has 78 heavy (non-hydrogen) atoms. The second-order valence-electron chi connectivity index (χ2n) is 20.4. The average molecular weight is 1080 g/mol. The molecule has 4 aliphatic rings. The molecule has 418 valence electrons. The predicted molar refractivity (Wildman–Crippen MR) is 292 cm³/mol. The Balaban J connectivity index is 0.000000226. The Kier molecular flexibility index (Phi) is 20.7. The van der Waals surface area contributed by atoms with Gasteiger partial charge in [-0.1, -0.05) is 103 Å². The molecule has 2 saturated heterocycles. The van der Waals surface area contributed by atoms with Crippen molar-refractivity contribution >= 4 is 29.9 Å². The van der Waals surface area contributed by atoms with Gasteiger partial charge in [-0.2, -0.15) is 0 Å². The van der Waals surface area contributed by atoms with Crippen LogP contribution in [0.5, 0.6) is 23.0 Å². The van der Waals surface area contributed by atoms with E-state index < -0.39 is 66.2 Å². The molecule has 0 spiro atoms. The Labute approximate surface area is 457 Å². The van der Waals surface area contributed by atoms with Crippen LogP contribution in [0.2, 0.25) is 0 Å². The number of aliphatic hydroxyl groups is 1. The molecule has 4 aliphatic heterocycles. The largest absolute Gasteiger partial charge is 0.497 e. The number of methoxy groups -OCH3 is 4. The van der Waals surface area contributed by atoms with Crippen LogP contribution in [0.4, 0.5) is 0 Å². The van der Waals surface area contributed by atoms with Crippen molar-refractivity contribution in [1.29, 1.82) is 0 Å². The highest BCUT2D eigenvalue weighted by molar-refractivity contribution is 5.98. The van der Waals surface area contributed by atoms with Crippen LogP contribution < -0.4 is 18.9 Å². The number of ether oxygens (including phenoxy) is 12. The molecule has 0 amide bonds. The smallest absolute Gasteiger partial charge is 0.342 e. The average Bonchev–Trinajstić information content (AvgIpc) is 3.96.